The summed E-state index contributed by atoms with van der Waals surface area (Å²) in [4.78, 5) is 0. The van der Waals surface area contributed by atoms with Crippen LogP contribution in [0.3, 0.4) is 0 Å². The molecule has 2 fully saturated rings. The molecule has 1 spiro atoms. The largest absolute Gasteiger partial charge is 0.316 e. The molecule has 18 heavy (non-hydrogen) atoms. The SMILES string of the molecule is CC(C)CC1CNCCC12CC(C)CC(C)(C)C2. The lowest BCUT2D eigenvalue weighted by molar-refractivity contribution is -0.0291. The molecule has 2 rings (SSSR count). The van der Waals surface area contributed by atoms with Gasteiger partial charge in [0, 0.05) is 0 Å². The van der Waals surface area contributed by atoms with Crippen molar-refractivity contribution in [3.63, 3.8) is 0 Å². The van der Waals surface area contributed by atoms with Crippen molar-refractivity contribution in [1.29, 1.82) is 0 Å². The van der Waals surface area contributed by atoms with Gasteiger partial charge >= 0.3 is 0 Å². The lowest BCUT2D eigenvalue weighted by Gasteiger charge is -2.54. The summed E-state index contributed by atoms with van der Waals surface area (Å²) in [7, 11) is 0. The van der Waals surface area contributed by atoms with E-state index in [4.69, 9.17) is 0 Å². The first kappa shape index (κ1) is 14.4. The van der Waals surface area contributed by atoms with E-state index in [0.29, 0.717) is 10.8 Å². The topological polar surface area (TPSA) is 12.0 Å². The van der Waals surface area contributed by atoms with E-state index in [-0.39, 0.29) is 0 Å². The molecule has 0 aromatic carbocycles. The minimum atomic E-state index is 0.560. The Labute approximate surface area is 114 Å². The van der Waals surface area contributed by atoms with Gasteiger partial charge in [-0.2, -0.15) is 0 Å². The van der Waals surface area contributed by atoms with Crippen LogP contribution >= 0.6 is 0 Å². The van der Waals surface area contributed by atoms with Crippen molar-refractivity contribution in [3.8, 4) is 0 Å². The molecule has 2 aliphatic rings. The lowest BCUT2D eigenvalue weighted by Crippen LogP contribution is -2.50. The summed E-state index contributed by atoms with van der Waals surface area (Å²) in [5.41, 5.74) is 1.21. The molecule has 1 nitrogen and oxygen atoms in total. The molecule has 3 atom stereocenters. The highest BCUT2D eigenvalue weighted by atomic mass is 14.9. The van der Waals surface area contributed by atoms with E-state index >= 15 is 0 Å². The van der Waals surface area contributed by atoms with Crippen LogP contribution in [0.2, 0.25) is 0 Å². The first-order chi connectivity index (χ1) is 8.33. The normalized spacial score (nSPS) is 40.3. The molecule has 0 aromatic rings. The third kappa shape index (κ3) is 3.10. The Bertz CT molecular complexity index is 281. The van der Waals surface area contributed by atoms with Crippen LogP contribution in [0.5, 0.6) is 0 Å². The van der Waals surface area contributed by atoms with E-state index in [1.807, 2.05) is 0 Å². The van der Waals surface area contributed by atoms with Crippen LogP contribution in [-0.2, 0) is 0 Å². The Balaban J connectivity index is 2.18. The van der Waals surface area contributed by atoms with Crippen molar-refractivity contribution < 1.29 is 0 Å². The van der Waals surface area contributed by atoms with Gasteiger partial charge in [0.25, 0.3) is 0 Å². The van der Waals surface area contributed by atoms with Crippen LogP contribution < -0.4 is 5.32 Å². The molecule has 106 valence electrons. The molecule has 1 saturated carbocycles. The van der Waals surface area contributed by atoms with Crippen molar-refractivity contribution >= 4 is 0 Å². The molecule has 3 unspecified atom stereocenters. The van der Waals surface area contributed by atoms with Crippen molar-refractivity contribution in [3.05, 3.63) is 0 Å². The van der Waals surface area contributed by atoms with E-state index in [9.17, 15) is 0 Å². The van der Waals surface area contributed by atoms with Crippen molar-refractivity contribution in [2.45, 2.75) is 66.7 Å². The van der Waals surface area contributed by atoms with Gasteiger partial charge in [-0.1, -0.05) is 34.6 Å². The fourth-order valence-electron chi connectivity index (χ4n) is 5.24. The van der Waals surface area contributed by atoms with Crippen LogP contribution in [0.25, 0.3) is 0 Å². The number of rotatable bonds is 2. The number of hydrogen-bond acceptors (Lipinski definition) is 1. The highest BCUT2D eigenvalue weighted by Gasteiger charge is 2.48. The summed E-state index contributed by atoms with van der Waals surface area (Å²) >= 11 is 0. The van der Waals surface area contributed by atoms with Gasteiger partial charge in [0.15, 0.2) is 0 Å². The molecule has 1 heterocycles. The summed E-state index contributed by atoms with van der Waals surface area (Å²) in [5, 5.41) is 3.65. The molecule has 0 amide bonds. The highest BCUT2D eigenvalue weighted by molar-refractivity contribution is 4.99. The summed E-state index contributed by atoms with van der Waals surface area (Å²) in [6.45, 7) is 14.8. The minimum Gasteiger partial charge on any atom is -0.316 e. The zero-order valence-corrected chi connectivity index (χ0v) is 13.2. The molecule has 1 aliphatic heterocycles. The Kier molecular flexibility index (Phi) is 4.11. The van der Waals surface area contributed by atoms with Crippen LogP contribution in [0.1, 0.15) is 66.7 Å². The second-order valence-electron chi connectivity index (χ2n) is 8.50. The van der Waals surface area contributed by atoms with E-state index in [2.05, 4.69) is 39.9 Å². The van der Waals surface area contributed by atoms with Crippen LogP contribution in [0.4, 0.5) is 0 Å². The first-order valence-electron chi connectivity index (χ1n) is 8.04. The van der Waals surface area contributed by atoms with Gasteiger partial charge in [-0.15, -0.1) is 0 Å². The quantitative estimate of drug-likeness (QED) is 0.763. The molecule has 1 N–H and O–H groups in total. The molecular weight excluding hydrogens is 218 g/mol. The molecule has 0 radical (unpaired) electrons. The fraction of sp³-hybridized carbons (Fsp3) is 1.00. The molecule has 1 heteroatoms. The average Bonchev–Trinajstić information content (AvgIpc) is 2.17. The van der Waals surface area contributed by atoms with Crippen LogP contribution in [0, 0.1) is 28.6 Å². The Hall–Kier alpha value is -0.0400. The Morgan fingerprint density at radius 1 is 1.22 bits per heavy atom. The van der Waals surface area contributed by atoms with Gasteiger partial charge in [-0.3, -0.25) is 0 Å². The Morgan fingerprint density at radius 3 is 2.56 bits per heavy atom. The zero-order chi connectivity index (χ0) is 13.4. The average molecular weight is 251 g/mol. The maximum Gasteiger partial charge on any atom is -0.00151 e. The summed E-state index contributed by atoms with van der Waals surface area (Å²) in [5.74, 6) is 2.67. The van der Waals surface area contributed by atoms with E-state index < -0.39 is 0 Å². The minimum absolute atomic E-state index is 0.560. The van der Waals surface area contributed by atoms with Crippen LogP contribution in [0.15, 0.2) is 0 Å². The predicted molar refractivity (Wildman–Crippen MR) is 79.7 cm³/mol. The van der Waals surface area contributed by atoms with Gasteiger partial charge in [-0.25, -0.2) is 0 Å². The smallest absolute Gasteiger partial charge is 0.00151 e. The molecule has 1 aliphatic carbocycles. The number of hydrogen-bond donors (Lipinski definition) is 1. The van der Waals surface area contributed by atoms with Gasteiger partial charge in [0.05, 0.1) is 0 Å². The molecule has 0 bridgehead atoms. The van der Waals surface area contributed by atoms with Gasteiger partial charge in [-0.05, 0) is 73.8 Å². The maximum absolute atomic E-state index is 3.65. The zero-order valence-electron chi connectivity index (χ0n) is 13.2. The predicted octanol–water partition coefficient (Wildman–Crippen LogP) is 4.47. The fourth-order valence-corrected chi connectivity index (χ4v) is 5.24. The molecule has 1 saturated heterocycles. The second kappa shape index (κ2) is 5.15. The van der Waals surface area contributed by atoms with E-state index in [1.165, 1.54) is 45.2 Å². The molecular formula is C17H33N. The highest BCUT2D eigenvalue weighted by Crippen LogP contribution is 2.56. The van der Waals surface area contributed by atoms with Crippen molar-refractivity contribution in [1.82, 2.24) is 5.32 Å². The Morgan fingerprint density at radius 2 is 1.94 bits per heavy atom. The van der Waals surface area contributed by atoms with E-state index in [1.54, 1.807) is 0 Å². The third-order valence-corrected chi connectivity index (χ3v) is 5.30. The monoisotopic (exact) mass is 251 g/mol. The van der Waals surface area contributed by atoms with E-state index in [0.717, 1.165) is 17.8 Å². The van der Waals surface area contributed by atoms with Gasteiger partial charge < -0.3 is 5.32 Å². The summed E-state index contributed by atoms with van der Waals surface area (Å²) in [6, 6.07) is 0. The lowest BCUT2D eigenvalue weighted by atomic mass is 9.53. The van der Waals surface area contributed by atoms with Crippen molar-refractivity contribution in [2.75, 3.05) is 13.1 Å². The first-order valence-corrected chi connectivity index (χ1v) is 8.04. The second-order valence-corrected chi connectivity index (χ2v) is 8.50. The maximum atomic E-state index is 3.65. The standard InChI is InChI=1S/C17H33N/c1-13(2)8-15-11-18-7-6-17(15)10-14(3)9-16(4,5)12-17/h13-15,18H,6-12H2,1-5H3. The number of piperidine rings is 1. The van der Waals surface area contributed by atoms with Gasteiger partial charge in [0.1, 0.15) is 0 Å². The third-order valence-electron chi connectivity index (χ3n) is 5.30. The van der Waals surface area contributed by atoms with Crippen LogP contribution in [-0.4, -0.2) is 13.1 Å². The summed E-state index contributed by atoms with van der Waals surface area (Å²) in [6.07, 6.45) is 7.20. The van der Waals surface area contributed by atoms with Crippen molar-refractivity contribution in [2.24, 2.45) is 28.6 Å². The summed E-state index contributed by atoms with van der Waals surface area (Å²) < 4.78 is 0. The number of nitrogens with one attached hydrogen (secondary N) is 1. The van der Waals surface area contributed by atoms with Gasteiger partial charge in [0.2, 0.25) is 0 Å². The molecule has 0 aromatic heterocycles.